The largest absolute Gasteiger partial charge is 0.390 e. The van der Waals surface area contributed by atoms with E-state index < -0.39 is 5.60 Å². The molecule has 2 rings (SSSR count). The van der Waals surface area contributed by atoms with Crippen LogP contribution in [0.2, 0.25) is 0 Å². The zero-order chi connectivity index (χ0) is 11.1. The maximum Gasteiger partial charge on any atom is 0.132 e. The van der Waals surface area contributed by atoms with Crippen molar-refractivity contribution in [1.29, 1.82) is 0 Å². The summed E-state index contributed by atoms with van der Waals surface area (Å²) in [6.45, 7) is 3.47. The SMILES string of the molecule is CC(C)(O)Cc1csc2cccc(F)c12. The Labute approximate surface area is 92.2 Å². The highest BCUT2D eigenvalue weighted by molar-refractivity contribution is 7.17. The Morgan fingerprint density at radius 1 is 1.40 bits per heavy atom. The van der Waals surface area contributed by atoms with Gasteiger partial charge in [0, 0.05) is 16.5 Å². The number of hydrogen-bond donors (Lipinski definition) is 1. The Kier molecular flexibility index (Phi) is 2.52. The van der Waals surface area contributed by atoms with Gasteiger partial charge in [0.1, 0.15) is 5.82 Å². The van der Waals surface area contributed by atoms with E-state index in [-0.39, 0.29) is 5.82 Å². The summed E-state index contributed by atoms with van der Waals surface area (Å²) >= 11 is 1.52. The van der Waals surface area contributed by atoms with Crippen molar-refractivity contribution in [3.05, 3.63) is 35.0 Å². The van der Waals surface area contributed by atoms with Crippen LogP contribution in [0.3, 0.4) is 0 Å². The number of aliphatic hydroxyl groups is 1. The normalized spacial score (nSPS) is 12.3. The molecule has 0 aliphatic rings. The molecular formula is C12H13FOS. The second-order valence-corrected chi connectivity index (χ2v) is 5.27. The third-order valence-corrected chi connectivity index (χ3v) is 3.24. The second-order valence-electron chi connectivity index (χ2n) is 4.36. The highest BCUT2D eigenvalue weighted by Gasteiger charge is 2.17. The number of halogens is 1. The summed E-state index contributed by atoms with van der Waals surface area (Å²) in [6.07, 6.45) is 0.480. The molecule has 15 heavy (non-hydrogen) atoms. The molecule has 0 aliphatic carbocycles. The number of hydrogen-bond acceptors (Lipinski definition) is 2. The molecule has 1 aromatic heterocycles. The van der Waals surface area contributed by atoms with Gasteiger partial charge in [0.15, 0.2) is 0 Å². The third kappa shape index (κ3) is 2.19. The summed E-state index contributed by atoms with van der Waals surface area (Å²) in [5.74, 6) is -0.201. The van der Waals surface area contributed by atoms with Gasteiger partial charge >= 0.3 is 0 Å². The maximum atomic E-state index is 13.6. The van der Waals surface area contributed by atoms with Crippen LogP contribution in [0.4, 0.5) is 4.39 Å². The minimum atomic E-state index is -0.795. The first-order valence-corrected chi connectivity index (χ1v) is 5.72. The van der Waals surface area contributed by atoms with E-state index in [9.17, 15) is 9.50 Å². The van der Waals surface area contributed by atoms with Crippen LogP contribution < -0.4 is 0 Å². The summed E-state index contributed by atoms with van der Waals surface area (Å²) in [5, 5.41) is 12.3. The lowest BCUT2D eigenvalue weighted by Crippen LogP contribution is -2.21. The van der Waals surface area contributed by atoms with Gasteiger partial charge in [-0.1, -0.05) is 6.07 Å². The van der Waals surface area contributed by atoms with E-state index in [4.69, 9.17) is 0 Å². The summed E-state index contributed by atoms with van der Waals surface area (Å²) in [4.78, 5) is 0. The quantitative estimate of drug-likeness (QED) is 0.829. The number of fused-ring (bicyclic) bond motifs is 1. The van der Waals surface area contributed by atoms with E-state index in [0.29, 0.717) is 11.8 Å². The minimum Gasteiger partial charge on any atom is -0.390 e. The Morgan fingerprint density at radius 2 is 2.13 bits per heavy atom. The van der Waals surface area contributed by atoms with Gasteiger partial charge in [0.25, 0.3) is 0 Å². The molecule has 0 saturated carbocycles. The van der Waals surface area contributed by atoms with Gasteiger partial charge in [-0.3, -0.25) is 0 Å². The van der Waals surface area contributed by atoms with Crippen molar-refractivity contribution in [3.63, 3.8) is 0 Å². The fraction of sp³-hybridized carbons (Fsp3) is 0.333. The highest BCUT2D eigenvalue weighted by Crippen LogP contribution is 2.30. The van der Waals surface area contributed by atoms with E-state index >= 15 is 0 Å². The van der Waals surface area contributed by atoms with Gasteiger partial charge in [0.2, 0.25) is 0 Å². The van der Waals surface area contributed by atoms with Gasteiger partial charge in [-0.2, -0.15) is 0 Å². The second kappa shape index (κ2) is 3.58. The summed E-state index contributed by atoms with van der Waals surface area (Å²) in [6, 6.07) is 5.07. The number of thiophene rings is 1. The van der Waals surface area contributed by atoms with Gasteiger partial charge < -0.3 is 5.11 Å². The van der Waals surface area contributed by atoms with Crippen molar-refractivity contribution >= 4 is 21.4 Å². The lowest BCUT2D eigenvalue weighted by molar-refractivity contribution is 0.0814. The maximum absolute atomic E-state index is 13.6. The van der Waals surface area contributed by atoms with Gasteiger partial charge in [-0.25, -0.2) is 4.39 Å². The summed E-state index contributed by atoms with van der Waals surface area (Å²) in [5.41, 5.74) is 0.0941. The molecule has 0 unspecified atom stereocenters. The zero-order valence-corrected chi connectivity index (χ0v) is 9.57. The van der Waals surface area contributed by atoms with E-state index in [1.54, 1.807) is 19.9 Å². The molecule has 0 spiro atoms. The molecule has 1 nitrogen and oxygen atoms in total. The van der Waals surface area contributed by atoms with Gasteiger partial charge in [-0.15, -0.1) is 11.3 Å². The molecule has 0 bridgehead atoms. The van der Waals surface area contributed by atoms with Crippen LogP contribution in [0.5, 0.6) is 0 Å². The minimum absolute atomic E-state index is 0.201. The monoisotopic (exact) mass is 224 g/mol. The van der Waals surface area contributed by atoms with Crippen molar-refractivity contribution in [3.8, 4) is 0 Å². The Hall–Kier alpha value is -0.930. The molecule has 0 saturated heterocycles. The van der Waals surface area contributed by atoms with Crippen LogP contribution in [-0.2, 0) is 6.42 Å². The first-order valence-electron chi connectivity index (χ1n) is 4.84. The summed E-state index contributed by atoms with van der Waals surface area (Å²) < 4.78 is 14.5. The van der Waals surface area contributed by atoms with Crippen LogP contribution in [0.1, 0.15) is 19.4 Å². The average molecular weight is 224 g/mol. The zero-order valence-electron chi connectivity index (χ0n) is 8.75. The van der Waals surface area contributed by atoms with E-state index in [0.717, 1.165) is 10.3 Å². The van der Waals surface area contributed by atoms with Gasteiger partial charge in [-0.05, 0) is 36.9 Å². The molecule has 1 heterocycles. The summed E-state index contributed by atoms with van der Waals surface area (Å²) in [7, 11) is 0. The molecule has 0 radical (unpaired) electrons. The molecule has 0 fully saturated rings. The van der Waals surface area contributed by atoms with Crippen molar-refractivity contribution in [2.75, 3.05) is 0 Å². The third-order valence-electron chi connectivity index (χ3n) is 2.25. The van der Waals surface area contributed by atoms with Crippen molar-refractivity contribution < 1.29 is 9.50 Å². The lowest BCUT2D eigenvalue weighted by Gasteiger charge is -2.16. The fourth-order valence-corrected chi connectivity index (χ4v) is 2.68. The van der Waals surface area contributed by atoms with Crippen LogP contribution in [0.25, 0.3) is 10.1 Å². The number of rotatable bonds is 2. The topological polar surface area (TPSA) is 20.2 Å². The van der Waals surface area contributed by atoms with Crippen molar-refractivity contribution in [1.82, 2.24) is 0 Å². The first kappa shape index (κ1) is 10.6. The highest BCUT2D eigenvalue weighted by atomic mass is 32.1. The van der Waals surface area contributed by atoms with E-state index in [1.165, 1.54) is 17.4 Å². The van der Waals surface area contributed by atoms with Crippen molar-refractivity contribution in [2.45, 2.75) is 25.9 Å². The molecule has 80 valence electrons. The van der Waals surface area contributed by atoms with Crippen LogP contribution >= 0.6 is 11.3 Å². The smallest absolute Gasteiger partial charge is 0.132 e. The van der Waals surface area contributed by atoms with E-state index in [1.807, 2.05) is 11.4 Å². The molecular weight excluding hydrogens is 211 g/mol. The van der Waals surface area contributed by atoms with Crippen LogP contribution in [-0.4, -0.2) is 10.7 Å². The molecule has 0 atom stereocenters. The van der Waals surface area contributed by atoms with Crippen LogP contribution in [0, 0.1) is 5.82 Å². The van der Waals surface area contributed by atoms with Crippen molar-refractivity contribution in [2.24, 2.45) is 0 Å². The Balaban J connectivity index is 2.53. The molecule has 3 heteroatoms. The predicted molar refractivity (Wildman–Crippen MR) is 61.8 cm³/mol. The van der Waals surface area contributed by atoms with E-state index in [2.05, 4.69) is 0 Å². The first-order chi connectivity index (χ1) is 6.97. The molecule has 1 aromatic carbocycles. The predicted octanol–water partition coefficient (Wildman–Crippen LogP) is 3.35. The molecule has 2 aromatic rings. The van der Waals surface area contributed by atoms with Gasteiger partial charge in [0.05, 0.1) is 5.60 Å². The lowest BCUT2D eigenvalue weighted by atomic mass is 9.98. The molecule has 1 N–H and O–H groups in total. The molecule has 0 aliphatic heterocycles. The standard InChI is InChI=1S/C12H13FOS/c1-12(2,14)6-8-7-15-10-5-3-4-9(13)11(8)10/h3-5,7,14H,6H2,1-2H3. The fourth-order valence-electron chi connectivity index (χ4n) is 1.70. The number of benzene rings is 1. The Morgan fingerprint density at radius 3 is 2.80 bits per heavy atom. The Bertz CT molecular complexity index is 482. The van der Waals surface area contributed by atoms with Crippen LogP contribution in [0.15, 0.2) is 23.6 Å². The molecule has 0 amide bonds. The average Bonchev–Trinajstić information content (AvgIpc) is 2.47.